The molecule has 0 atom stereocenters. The van der Waals surface area contributed by atoms with Crippen LogP contribution in [0.4, 0.5) is 4.39 Å². The van der Waals surface area contributed by atoms with Crippen LogP contribution in [0.15, 0.2) is 53.4 Å². The Labute approximate surface area is 182 Å². The summed E-state index contributed by atoms with van der Waals surface area (Å²) in [7, 11) is -2.23. The Kier molecular flexibility index (Phi) is 7.81. The SMILES string of the molecule is COc1ccc(/C=C/C(=O)NCCc2cccc(F)c2)cc1S(=O)(=O)N1CCCCC1. The van der Waals surface area contributed by atoms with Crippen molar-refractivity contribution in [1.82, 2.24) is 9.62 Å². The normalized spacial score (nSPS) is 15.2. The van der Waals surface area contributed by atoms with E-state index in [9.17, 15) is 17.6 Å². The Hall–Kier alpha value is -2.71. The molecular formula is C23H27FN2O4S. The van der Waals surface area contributed by atoms with Crippen molar-refractivity contribution in [3.8, 4) is 5.75 Å². The molecule has 1 saturated heterocycles. The highest BCUT2D eigenvalue weighted by Crippen LogP contribution is 2.29. The molecule has 6 nitrogen and oxygen atoms in total. The second-order valence-corrected chi connectivity index (χ2v) is 9.29. The fourth-order valence-electron chi connectivity index (χ4n) is 3.50. The molecular weight excluding hydrogens is 419 g/mol. The molecule has 0 aliphatic carbocycles. The molecule has 0 saturated carbocycles. The van der Waals surface area contributed by atoms with Gasteiger partial charge in [-0.2, -0.15) is 4.31 Å². The number of sulfonamides is 1. The number of amides is 1. The second-order valence-electron chi connectivity index (χ2n) is 7.38. The third-order valence-electron chi connectivity index (χ3n) is 5.15. The van der Waals surface area contributed by atoms with Gasteiger partial charge in [0.2, 0.25) is 15.9 Å². The van der Waals surface area contributed by atoms with E-state index in [0.717, 1.165) is 24.8 Å². The first kappa shape index (κ1) is 23.0. The van der Waals surface area contributed by atoms with E-state index in [-0.39, 0.29) is 22.4 Å². The van der Waals surface area contributed by atoms with Gasteiger partial charge in [-0.05, 0) is 60.7 Å². The Balaban J connectivity index is 1.66. The van der Waals surface area contributed by atoms with Crippen molar-refractivity contribution in [2.45, 2.75) is 30.6 Å². The lowest BCUT2D eigenvalue weighted by Crippen LogP contribution is -2.35. The van der Waals surface area contributed by atoms with Gasteiger partial charge in [0.25, 0.3) is 0 Å². The molecule has 2 aromatic carbocycles. The van der Waals surface area contributed by atoms with Crippen LogP contribution in [0.25, 0.3) is 6.08 Å². The molecule has 1 amide bonds. The van der Waals surface area contributed by atoms with Crippen LogP contribution < -0.4 is 10.1 Å². The summed E-state index contributed by atoms with van der Waals surface area (Å²) in [6.45, 7) is 1.36. The summed E-state index contributed by atoms with van der Waals surface area (Å²) in [6, 6.07) is 11.1. The quantitative estimate of drug-likeness (QED) is 0.631. The number of halogens is 1. The number of rotatable bonds is 8. The van der Waals surface area contributed by atoms with Gasteiger partial charge >= 0.3 is 0 Å². The Bertz CT molecular complexity index is 1050. The lowest BCUT2D eigenvalue weighted by Gasteiger charge is -2.26. The van der Waals surface area contributed by atoms with Crippen molar-refractivity contribution in [3.05, 3.63) is 65.5 Å². The zero-order valence-corrected chi connectivity index (χ0v) is 18.3. The fourth-order valence-corrected chi connectivity index (χ4v) is 5.20. The van der Waals surface area contributed by atoms with E-state index in [4.69, 9.17) is 4.74 Å². The van der Waals surface area contributed by atoms with Gasteiger partial charge < -0.3 is 10.1 Å². The van der Waals surface area contributed by atoms with E-state index in [1.54, 1.807) is 30.3 Å². The molecule has 0 spiro atoms. The maximum atomic E-state index is 13.2. The highest BCUT2D eigenvalue weighted by molar-refractivity contribution is 7.89. The van der Waals surface area contributed by atoms with Crippen LogP contribution in [0.5, 0.6) is 5.75 Å². The van der Waals surface area contributed by atoms with E-state index in [0.29, 0.717) is 31.6 Å². The van der Waals surface area contributed by atoms with Crippen molar-refractivity contribution in [1.29, 1.82) is 0 Å². The van der Waals surface area contributed by atoms with Crippen LogP contribution in [-0.4, -0.2) is 45.4 Å². The highest BCUT2D eigenvalue weighted by atomic mass is 32.2. The number of hydrogen-bond donors (Lipinski definition) is 1. The zero-order chi connectivity index (χ0) is 22.3. The summed E-state index contributed by atoms with van der Waals surface area (Å²) in [6.07, 6.45) is 6.14. The molecule has 0 unspecified atom stereocenters. The number of carbonyl (C=O) groups excluding carboxylic acids is 1. The van der Waals surface area contributed by atoms with E-state index in [2.05, 4.69) is 5.32 Å². The highest BCUT2D eigenvalue weighted by Gasteiger charge is 2.28. The second kappa shape index (κ2) is 10.5. The molecule has 1 heterocycles. The Morgan fingerprint density at radius 1 is 1.16 bits per heavy atom. The summed E-state index contributed by atoms with van der Waals surface area (Å²) < 4.78 is 46.1. The number of piperidine rings is 1. The molecule has 1 N–H and O–H groups in total. The monoisotopic (exact) mass is 446 g/mol. The van der Waals surface area contributed by atoms with Gasteiger partial charge in [0.15, 0.2) is 0 Å². The Morgan fingerprint density at radius 3 is 2.65 bits per heavy atom. The van der Waals surface area contributed by atoms with E-state index < -0.39 is 10.0 Å². The maximum Gasteiger partial charge on any atom is 0.246 e. The van der Waals surface area contributed by atoms with Gasteiger partial charge in [0, 0.05) is 25.7 Å². The number of carbonyl (C=O) groups is 1. The zero-order valence-electron chi connectivity index (χ0n) is 17.5. The van der Waals surface area contributed by atoms with E-state index in [1.807, 2.05) is 0 Å². The topological polar surface area (TPSA) is 75.7 Å². The van der Waals surface area contributed by atoms with Crippen molar-refractivity contribution >= 4 is 22.0 Å². The molecule has 8 heteroatoms. The summed E-state index contributed by atoms with van der Waals surface area (Å²) >= 11 is 0. The van der Waals surface area contributed by atoms with Gasteiger partial charge in [-0.25, -0.2) is 12.8 Å². The predicted octanol–water partition coefficient (Wildman–Crippen LogP) is 3.38. The smallest absolute Gasteiger partial charge is 0.246 e. The standard InChI is InChI=1S/C23H27FN2O4S/c1-30-21-10-8-19(17-22(21)31(28,29)26-14-3-2-4-15-26)9-11-23(27)25-13-12-18-6-5-7-20(24)16-18/h5-11,16-17H,2-4,12-15H2,1H3,(H,25,27)/b11-9+. The largest absolute Gasteiger partial charge is 0.495 e. The molecule has 1 aliphatic rings. The molecule has 0 aromatic heterocycles. The molecule has 1 fully saturated rings. The number of ether oxygens (including phenoxy) is 1. The molecule has 2 aromatic rings. The van der Waals surface area contributed by atoms with Gasteiger partial charge in [0.1, 0.15) is 16.5 Å². The average Bonchev–Trinajstić information content (AvgIpc) is 2.78. The van der Waals surface area contributed by atoms with Crippen LogP contribution in [0.3, 0.4) is 0 Å². The fraction of sp³-hybridized carbons (Fsp3) is 0.348. The molecule has 0 bridgehead atoms. The van der Waals surface area contributed by atoms with Crippen LogP contribution in [0.1, 0.15) is 30.4 Å². The summed E-state index contributed by atoms with van der Waals surface area (Å²) in [5.74, 6) is -0.339. The maximum absolute atomic E-state index is 13.2. The number of benzene rings is 2. The van der Waals surface area contributed by atoms with Crippen LogP contribution in [0, 0.1) is 5.82 Å². The lowest BCUT2D eigenvalue weighted by molar-refractivity contribution is -0.116. The molecule has 0 radical (unpaired) electrons. The molecule has 1 aliphatic heterocycles. The molecule has 3 rings (SSSR count). The van der Waals surface area contributed by atoms with E-state index >= 15 is 0 Å². The average molecular weight is 447 g/mol. The van der Waals surface area contributed by atoms with Gasteiger partial charge in [-0.15, -0.1) is 0 Å². The molecule has 31 heavy (non-hydrogen) atoms. The van der Waals surface area contributed by atoms with Crippen molar-refractivity contribution in [2.24, 2.45) is 0 Å². The minimum absolute atomic E-state index is 0.102. The third-order valence-corrected chi connectivity index (χ3v) is 7.07. The number of methoxy groups -OCH3 is 1. The minimum atomic E-state index is -3.67. The Morgan fingerprint density at radius 2 is 1.94 bits per heavy atom. The third kappa shape index (κ3) is 6.15. The van der Waals surface area contributed by atoms with Crippen LogP contribution in [-0.2, 0) is 21.2 Å². The van der Waals surface area contributed by atoms with E-state index in [1.165, 1.54) is 35.7 Å². The van der Waals surface area contributed by atoms with Crippen molar-refractivity contribution in [3.63, 3.8) is 0 Å². The van der Waals surface area contributed by atoms with Crippen LogP contribution in [0.2, 0.25) is 0 Å². The number of hydrogen-bond acceptors (Lipinski definition) is 4. The van der Waals surface area contributed by atoms with Crippen LogP contribution >= 0.6 is 0 Å². The summed E-state index contributed by atoms with van der Waals surface area (Å²) in [5, 5.41) is 2.74. The minimum Gasteiger partial charge on any atom is -0.495 e. The first-order valence-electron chi connectivity index (χ1n) is 10.3. The number of nitrogens with zero attached hydrogens (tertiary/aromatic N) is 1. The number of nitrogens with one attached hydrogen (secondary N) is 1. The van der Waals surface area contributed by atoms with Crippen molar-refractivity contribution < 1.29 is 22.3 Å². The summed E-state index contributed by atoms with van der Waals surface area (Å²) in [5.41, 5.74) is 1.38. The predicted molar refractivity (Wildman–Crippen MR) is 118 cm³/mol. The molecule has 166 valence electrons. The van der Waals surface area contributed by atoms with Crippen molar-refractivity contribution in [2.75, 3.05) is 26.7 Å². The van der Waals surface area contributed by atoms with Gasteiger partial charge in [-0.1, -0.05) is 24.6 Å². The first-order valence-corrected chi connectivity index (χ1v) is 11.7. The van der Waals surface area contributed by atoms with Gasteiger partial charge in [-0.3, -0.25) is 4.79 Å². The first-order chi connectivity index (χ1) is 14.9. The lowest BCUT2D eigenvalue weighted by atomic mass is 10.1. The van der Waals surface area contributed by atoms with Gasteiger partial charge in [0.05, 0.1) is 7.11 Å². The summed E-state index contributed by atoms with van der Waals surface area (Å²) in [4.78, 5) is 12.2.